The van der Waals surface area contributed by atoms with Crippen LogP contribution in [0.4, 0.5) is 5.69 Å². The molecule has 4 rings (SSSR count). The van der Waals surface area contributed by atoms with Crippen LogP contribution in [0.5, 0.6) is 5.75 Å². The number of aryl methyl sites for hydroxylation is 1. The Bertz CT molecular complexity index is 1130. The van der Waals surface area contributed by atoms with E-state index >= 15 is 0 Å². The van der Waals surface area contributed by atoms with Gasteiger partial charge in [0.25, 0.3) is 5.91 Å². The van der Waals surface area contributed by atoms with Crippen LogP contribution >= 0.6 is 11.6 Å². The average Bonchev–Trinajstić information content (AvgIpc) is 3.21. The van der Waals surface area contributed by atoms with Gasteiger partial charge in [-0.1, -0.05) is 18.5 Å². The number of rotatable bonds is 6. The maximum Gasteiger partial charge on any atom is 0.257 e. The standard InChI is InChI=1S/C25H28ClN3O3/c1-3-11-28-12-10-18-15-20(5-6-22(18)28)27-24(30)17-8-13-29(14-9-17)25(31)21-16-19(26)4-7-23(21)32-2/h4-7,10,12,15-17H,3,8-9,11,13-14H2,1-2H3,(H,27,30). The third-order valence-electron chi connectivity index (χ3n) is 6.05. The number of hydrogen-bond donors (Lipinski definition) is 1. The second-order valence-corrected chi connectivity index (χ2v) is 8.62. The largest absolute Gasteiger partial charge is 0.496 e. The molecule has 0 unspecified atom stereocenters. The summed E-state index contributed by atoms with van der Waals surface area (Å²) in [6, 6.07) is 13.1. The highest BCUT2D eigenvalue weighted by atomic mass is 35.5. The van der Waals surface area contributed by atoms with Crippen molar-refractivity contribution in [1.29, 1.82) is 0 Å². The van der Waals surface area contributed by atoms with Gasteiger partial charge in [0.1, 0.15) is 5.75 Å². The van der Waals surface area contributed by atoms with E-state index in [9.17, 15) is 9.59 Å². The van der Waals surface area contributed by atoms with E-state index in [-0.39, 0.29) is 17.7 Å². The van der Waals surface area contributed by atoms with E-state index in [0.717, 1.165) is 24.0 Å². The first-order valence-corrected chi connectivity index (χ1v) is 11.4. The number of methoxy groups -OCH3 is 1. The molecule has 0 spiro atoms. The Morgan fingerprint density at radius 2 is 1.91 bits per heavy atom. The summed E-state index contributed by atoms with van der Waals surface area (Å²) in [6.45, 7) is 4.18. The summed E-state index contributed by atoms with van der Waals surface area (Å²) in [6.07, 6.45) is 4.40. The van der Waals surface area contributed by atoms with Gasteiger partial charge in [-0.2, -0.15) is 0 Å². The van der Waals surface area contributed by atoms with Crippen LogP contribution in [0, 0.1) is 5.92 Å². The number of amides is 2. The Balaban J connectivity index is 1.37. The van der Waals surface area contributed by atoms with Crippen molar-refractivity contribution < 1.29 is 14.3 Å². The Morgan fingerprint density at radius 1 is 1.12 bits per heavy atom. The lowest BCUT2D eigenvalue weighted by atomic mass is 9.95. The molecule has 1 aliphatic heterocycles. The van der Waals surface area contributed by atoms with Gasteiger partial charge < -0.3 is 19.5 Å². The summed E-state index contributed by atoms with van der Waals surface area (Å²) < 4.78 is 7.54. The Labute approximate surface area is 193 Å². The van der Waals surface area contributed by atoms with Crippen LogP contribution in [0.1, 0.15) is 36.5 Å². The number of ether oxygens (including phenoxy) is 1. The fourth-order valence-electron chi connectivity index (χ4n) is 4.32. The number of benzene rings is 2. The minimum atomic E-state index is -0.124. The molecular weight excluding hydrogens is 426 g/mol. The highest BCUT2D eigenvalue weighted by Crippen LogP contribution is 2.27. The molecule has 0 bridgehead atoms. The smallest absolute Gasteiger partial charge is 0.257 e. The number of nitrogens with zero attached hydrogens (tertiary/aromatic N) is 2. The fourth-order valence-corrected chi connectivity index (χ4v) is 4.49. The monoisotopic (exact) mass is 453 g/mol. The number of nitrogens with one attached hydrogen (secondary N) is 1. The Kier molecular flexibility index (Phi) is 6.70. The van der Waals surface area contributed by atoms with Gasteiger partial charge in [0.15, 0.2) is 0 Å². The van der Waals surface area contributed by atoms with Crippen molar-refractivity contribution in [3.63, 3.8) is 0 Å². The van der Waals surface area contributed by atoms with Crippen LogP contribution in [0.25, 0.3) is 10.9 Å². The maximum absolute atomic E-state index is 13.0. The van der Waals surface area contributed by atoms with Gasteiger partial charge >= 0.3 is 0 Å². The van der Waals surface area contributed by atoms with Crippen molar-refractivity contribution in [3.05, 3.63) is 59.2 Å². The third kappa shape index (κ3) is 4.60. The highest BCUT2D eigenvalue weighted by Gasteiger charge is 2.29. The van der Waals surface area contributed by atoms with E-state index in [1.54, 1.807) is 23.1 Å². The SMILES string of the molecule is CCCn1ccc2cc(NC(=O)C3CCN(C(=O)c4cc(Cl)ccc4OC)CC3)ccc21. The molecule has 1 aliphatic rings. The molecule has 6 nitrogen and oxygen atoms in total. The zero-order valence-electron chi connectivity index (χ0n) is 18.4. The molecule has 1 fully saturated rings. The molecule has 0 saturated carbocycles. The van der Waals surface area contributed by atoms with Crippen molar-refractivity contribution in [3.8, 4) is 5.75 Å². The van der Waals surface area contributed by atoms with Gasteiger partial charge in [-0.15, -0.1) is 0 Å². The van der Waals surface area contributed by atoms with E-state index in [2.05, 4.69) is 35.1 Å². The first-order valence-electron chi connectivity index (χ1n) is 11.0. The maximum atomic E-state index is 13.0. The normalized spacial score (nSPS) is 14.5. The van der Waals surface area contributed by atoms with Gasteiger partial charge in [0.2, 0.25) is 5.91 Å². The summed E-state index contributed by atoms with van der Waals surface area (Å²) in [7, 11) is 1.53. The number of fused-ring (bicyclic) bond motifs is 1. The minimum absolute atomic E-state index is 0.00442. The van der Waals surface area contributed by atoms with Gasteiger partial charge in [0.05, 0.1) is 12.7 Å². The first-order chi connectivity index (χ1) is 15.5. The predicted molar refractivity (Wildman–Crippen MR) is 127 cm³/mol. The van der Waals surface area contributed by atoms with Crippen LogP contribution in [-0.2, 0) is 11.3 Å². The van der Waals surface area contributed by atoms with E-state index < -0.39 is 0 Å². The molecule has 0 radical (unpaired) electrons. The van der Waals surface area contributed by atoms with E-state index in [0.29, 0.717) is 42.3 Å². The lowest BCUT2D eigenvalue weighted by Crippen LogP contribution is -2.41. The van der Waals surface area contributed by atoms with Crippen LogP contribution in [-0.4, -0.2) is 41.5 Å². The van der Waals surface area contributed by atoms with Gasteiger partial charge in [0, 0.05) is 53.4 Å². The number of hydrogen-bond acceptors (Lipinski definition) is 3. The van der Waals surface area contributed by atoms with Crippen LogP contribution in [0.15, 0.2) is 48.7 Å². The van der Waals surface area contributed by atoms with Crippen LogP contribution in [0.2, 0.25) is 5.02 Å². The van der Waals surface area contributed by atoms with E-state index in [1.165, 1.54) is 12.6 Å². The molecule has 0 aliphatic carbocycles. The molecule has 2 amide bonds. The molecule has 32 heavy (non-hydrogen) atoms. The van der Waals surface area contributed by atoms with Crippen molar-refractivity contribution in [2.75, 3.05) is 25.5 Å². The number of aromatic nitrogens is 1. The lowest BCUT2D eigenvalue weighted by molar-refractivity contribution is -0.121. The van der Waals surface area contributed by atoms with Crippen molar-refractivity contribution >= 4 is 40.0 Å². The molecule has 1 N–H and O–H groups in total. The third-order valence-corrected chi connectivity index (χ3v) is 6.28. The molecule has 1 saturated heterocycles. The molecule has 1 aromatic heterocycles. The molecular formula is C25H28ClN3O3. The zero-order valence-corrected chi connectivity index (χ0v) is 19.2. The number of carbonyl (C=O) groups excluding carboxylic acids is 2. The van der Waals surface area contributed by atoms with Crippen LogP contribution in [0.3, 0.4) is 0 Å². The topological polar surface area (TPSA) is 63.6 Å². The van der Waals surface area contributed by atoms with Crippen molar-refractivity contribution in [2.24, 2.45) is 5.92 Å². The quantitative estimate of drug-likeness (QED) is 0.557. The second-order valence-electron chi connectivity index (χ2n) is 8.18. The average molecular weight is 454 g/mol. The predicted octanol–water partition coefficient (Wildman–Crippen LogP) is 5.20. The summed E-state index contributed by atoms with van der Waals surface area (Å²) >= 11 is 6.07. The molecule has 168 valence electrons. The summed E-state index contributed by atoms with van der Waals surface area (Å²) in [5.74, 6) is 0.262. The number of piperidine rings is 1. The van der Waals surface area contributed by atoms with Crippen LogP contribution < -0.4 is 10.1 Å². The highest BCUT2D eigenvalue weighted by molar-refractivity contribution is 6.31. The van der Waals surface area contributed by atoms with Crippen molar-refractivity contribution in [2.45, 2.75) is 32.7 Å². The number of anilines is 1. The Morgan fingerprint density at radius 3 is 2.62 bits per heavy atom. The van der Waals surface area contributed by atoms with E-state index in [4.69, 9.17) is 16.3 Å². The lowest BCUT2D eigenvalue weighted by Gasteiger charge is -2.31. The van der Waals surface area contributed by atoms with Crippen molar-refractivity contribution in [1.82, 2.24) is 9.47 Å². The second kappa shape index (κ2) is 9.65. The fraction of sp³-hybridized carbons (Fsp3) is 0.360. The molecule has 3 aromatic rings. The number of carbonyl (C=O) groups is 2. The summed E-state index contributed by atoms with van der Waals surface area (Å²) in [5.41, 5.74) is 2.43. The number of halogens is 1. The molecule has 2 aromatic carbocycles. The molecule has 7 heteroatoms. The van der Waals surface area contributed by atoms with E-state index in [1.807, 2.05) is 12.1 Å². The minimum Gasteiger partial charge on any atom is -0.496 e. The molecule has 2 heterocycles. The zero-order chi connectivity index (χ0) is 22.7. The van der Waals surface area contributed by atoms with Gasteiger partial charge in [-0.3, -0.25) is 9.59 Å². The first kappa shape index (κ1) is 22.2. The summed E-state index contributed by atoms with van der Waals surface area (Å²) in [4.78, 5) is 27.6. The molecule has 0 atom stereocenters. The number of likely N-dealkylation sites (tertiary alicyclic amines) is 1. The van der Waals surface area contributed by atoms with Gasteiger partial charge in [-0.05, 0) is 61.7 Å². The summed E-state index contributed by atoms with van der Waals surface area (Å²) in [5, 5.41) is 4.67. The Hall–Kier alpha value is -2.99. The van der Waals surface area contributed by atoms with Gasteiger partial charge in [-0.25, -0.2) is 0 Å².